The monoisotopic (exact) mass is 278 g/mol. The number of fused-ring (bicyclic) bond motifs is 1. The molecule has 1 aromatic rings. The summed E-state index contributed by atoms with van der Waals surface area (Å²) in [6, 6.07) is 3.13. The number of aryl methyl sites for hydroxylation is 1. The van der Waals surface area contributed by atoms with Gasteiger partial charge in [-0.25, -0.2) is 0 Å². The van der Waals surface area contributed by atoms with Crippen LogP contribution in [0, 0.1) is 12.8 Å². The zero-order chi connectivity index (χ0) is 13.1. The molecule has 1 saturated heterocycles. The predicted molar refractivity (Wildman–Crippen MR) is 82.7 cm³/mol. The highest BCUT2D eigenvalue weighted by Crippen LogP contribution is 2.36. The molecule has 1 aliphatic heterocycles. The number of likely N-dealkylation sites (tertiary alicyclic amines) is 1. The second-order valence-corrected chi connectivity index (χ2v) is 7.14. The van der Waals surface area contributed by atoms with Gasteiger partial charge in [0.2, 0.25) is 0 Å². The van der Waals surface area contributed by atoms with Gasteiger partial charge < -0.3 is 5.32 Å². The molecule has 1 aliphatic carbocycles. The summed E-state index contributed by atoms with van der Waals surface area (Å²) in [4.78, 5) is 4.26. The van der Waals surface area contributed by atoms with Crippen LogP contribution in [0.5, 0.6) is 0 Å². The Morgan fingerprint density at radius 2 is 2.21 bits per heavy atom. The van der Waals surface area contributed by atoms with Gasteiger partial charge in [0.05, 0.1) is 0 Å². The summed E-state index contributed by atoms with van der Waals surface area (Å²) in [7, 11) is 0. The van der Waals surface area contributed by atoms with Crippen molar-refractivity contribution in [3.63, 3.8) is 0 Å². The van der Waals surface area contributed by atoms with E-state index in [1.54, 1.807) is 0 Å². The molecule has 3 heteroatoms. The van der Waals surface area contributed by atoms with Gasteiger partial charge in [-0.05, 0) is 62.1 Å². The Labute approximate surface area is 121 Å². The quantitative estimate of drug-likeness (QED) is 0.830. The molecule has 2 aliphatic rings. The van der Waals surface area contributed by atoms with Gasteiger partial charge in [0.1, 0.15) is 0 Å². The van der Waals surface area contributed by atoms with Crippen molar-refractivity contribution in [2.24, 2.45) is 5.92 Å². The SMILES string of the molecule is Cc1ccsc1CNCCN1CCCC2CCCC21. The minimum Gasteiger partial charge on any atom is -0.311 e. The lowest BCUT2D eigenvalue weighted by molar-refractivity contribution is 0.114. The van der Waals surface area contributed by atoms with Crippen molar-refractivity contribution in [3.05, 3.63) is 21.9 Å². The lowest BCUT2D eigenvalue weighted by Crippen LogP contribution is -2.45. The highest BCUT2D eigenvalue weighted by molar-refractivity contribution is 7.10. The fourth-order valence-electron chi connectivity index (χ4n) is 3.84. The van der Waals surface area contributed by atoms with Crippen molar-refractivity contribution >= 4 is 11.3 Å². The van der Waals surface area contributed by atoms with E-state index in [0.29, 0.717) is 0 Å². The Hall–Kier alpha value is -0.380. The molecule has 0 bridgehead atoms. The van der Waals surface area contributed by atoms with Crippen LogP contribution in [0.1, 0.15) is 42.5 Å². The lowest BCUT2D eigenvalue weighted by atomic mass is 9.92. The molecule has 3 rings (SSSR count). The summed E-state index contributed by atoms with van der Waals surface area (Å²) in [5, 5.41) is 5.82. The first kappa shape index (κ1) is 13.6. The average molecular weight is 278 g/mol. The van der Waals surface area contributed by atoms with Gasteiger partial charge in [-0.1, -0.05) is 6.42 Å². The van der Waals surface area contributed by atoms with Gasteiger partial charge in [-0.15, -0.1) is 11.3 Å². The smallest absolute Gasteiger partial charge is 0.0302 e. The number of rotatable bonds is 5. The normalized spacial score (nSPS) is 27.6. The Morgan fingerprint density at radius 1 is 1.32 bits per heavy atom. The van der Waals surface area contributed by atoms with E-state index < -0.39 is 0 Å². The average Bonchev–Trinajstić information content (AvgIpc) is 3.04. The molecule has 2 nitrogen and oxygen atoms in total. The van der Waals surface area contributed by atoms with Crippen LogP contribution in [0.15, 0.2) is 11.4 Å². The first-order chi connectivity index (χ1) is 9.34. The van der Waals surface area contributed by atoms with E-state index in [2.05, 4.69) is 28.6 Å². The second-order valence-electron chi connectivity index (χ2n) is 6.14. The number of hydrogen-bond acceptors (Lipinski definition) is 3. The largest absolute Gasteiger partial charge is 0.311 e. The maximum Gasteiger partial charge on any atom is 0.0302 e. The molecule has 2 atom stereocenters. The number of piperidine rings is 1. The van der Waals surface area contributed by atoms with Gasteiger partial charge in [-0.3, -0.25) is 4.90 Å². The van der Waals surface area contributed by atoms with Crippen molar-refractivity contribution in [2.45, 2.75) is 51.6 Å². The molecule has 0 aromatic carbocycles. The number of hydrogen-bond donors (Lipinski definition) is 1. The lowest BCUT2D eigenvalue weighted by Gasteiger charge is -2.37. The molecule has 106 valence electrons. The van der Waals surface area contributed by atoms with Crippen molar-refractivity contribution in [2.75, 3.05) is 19.6 Å². The minimum atomic E-state index is 0.916. The molecule has 0 amide bonds. The van der Waals surface area contributed by atoms with Crippen LogP contribution < -0.4 is 5.32 Å². The van der Waals surface area contributed by atoms with Crippen LogP contribution in [0.25, 0.3) is 0 Å². The van der Waals surface area contributed by atoms with E-state index in [1.165, 1.54) is 55.6 Å². The van der Waals surface area contributed by atoms with E-state index >= 15 is 0 Å². The van der Waals surface area contributed by atoms with Crippen molar-refractivity contribution in [1.29, 1.82) is 0 Å². The van der Waals surface area contributed by atoms with E-state index in [4.69, 9.17) is 0 Å². The molecule has 19 heavy (non-hydrogen) atoms. The van der Waals surface area contributed by atoms with Gasteiger partial charge in [-0.2, -0.15) is 0 Å². The van der Waals surface area contributed by atoms with Crippen LogP contribution >= 0.6 is 11.3 Å². The van der Waals surface area contributed by atoms with Gasteiger partial charge in [0, 0.05) is 30.6 Å². The summed E-state index contributed by atoms with van der Waals surface area (Å²) in [5.74, 6) is 1.02. The van der Waals surface area contributed by atoms with E-state index in [0.717, 1.165) is 25.0 Å². The van der Waals surface area contributed by atoms with Gasteiger partial charge in [0.25, 0.3) is 0 Å². The predicted octanol–water partition coefficient (Wildman–Crippen LogP) is 3.41. The topological polar surface area (TPSA) is 15.3 Å². The third kappa shape index (κ3) is 3.21. The first-order valence-corrected chi connectivity index (χ1v) is 8.70. The highest BCUT2D eigenvalue weighted by Gasteiger charge is 2.34. The summed E-state index contributed by atoms with van der Waals surface area (Å²) < 4.78 is 0. The summed E-state index contributed by atoms with van der Waals surface area (Å²) in [6.45, 7) is 6.97. The van der Waals surface area contributed by atoms with Gasteiger partial charge >= 0.3 is 0 Å². The molecule has 1 aromatic heterocycles. The molecule has 1 N–H and O–H groups in total. The Kier molecular flexibility index (Phi) is 4.57. The molecule has 2 unspecified atom stereocenters. The van der Waals surface area contributed by atoms with Crippen molar-refractivity contribution < 1.29 is 0 Å². The molecule has 2 fully saturated rings. The first-order valence-electron chi connectivity index (χ1n) is 7.82. The standard InChI is InChI=1S/C16H26N2S/c1-13-7-11-19-16(13)12-17-8-10-18-9-3-5-14-4-2-6-15(14)18/h7,11,14-15,17H,2-6,8-10,12H2,1H3. The summed E-state index contributed by atoms with van der Waals surface area (Å²) in [6.07, 6.45) is 7.32. The van der Waals surface area contributed by atoms with E-state index in [1.807, 2.05) is 11.3 Å². The molecular weight excluding hydrogens is 252 g/mol. The fraction of sp³-hybridized carbons (Fsp3) is 0.750. The molecule has 2 heterocycles. The van der Waals surface area contributed by atoms with Crippen LogP contribution in [-0.4, -0.2) is 30.6 Å². The molecule has 0 spiro atoms. The summed E-state index contributed by atoms with van der Waals surface area (Å²) >= 11 is 1.87. The third-order valence-electron chi connectivity index (χ3n) is 4.94. The Balaban J connectivity index is 1.41. The zero-order valence-corrected chi connectivity index (χ0v) is 12.8. The Morgan fingerprint density at radius 3 is 3.05 bits per heavy atom. The fourth-order valence-corrected chi connectivity index (χ4v) is 4.72. The van der Waals surface area contributed by atoms with Gasteiger partial charge in [0.15, 0.2) is 0 Å². The number of nitrogens with zero attached hydrogens (tertiary/aromatic N) is 1. The number of thiophene rings is 1. The molecule has 1 saturated carbocycles. The highest BCUT2D eigenvalue weighted by atomic mass is 32.1. The maximum absolute atomic E-state index is 3.62. The third-order valence-corrected chi connectivity index (χ3v) is 5.96. The van der Waals surface area contributed by atoms with Crippen LogP contribution in [0.3, 0.4) is 0 Å². The van der Waals surface area contributed by atoms with Crippen molar-refractivity contribution in [3.8, 4) is 0 Å². The molecule has 0 radical (unpaired) electrons. The maximum atomic E-state index is 3.62. The second kappa shape index (κ2) is 6.38. The van der Waals surface area contributed by atoms with Crippen molar-refractivity contribution in [1.82, 2.24) is 10.2 Å². The Bertz CT molecular complexity index is 401. The van der Waals surface area contributed by atoms with E-state index in [-0.39, 0.29) is 0 Å². The number of nitrogens with one attached hydrogen (secondary N) is 1. The molecular formula is C16H26N2S. The van der Waals surface area contributed by atoms with E-state index in [9.17, 15) is 0 Å². The van der Waals surface area contributed by atoms with Crippen LogP contribution in [0.4, 0.5) is 0 Å². The minimum absolute atomic E-state index is 0.916. The summed E-state index contributed by atoms with van der Waals surface area (Å²) in [5.41, 5.74) is 1.44. The van der Waals surface area contributed by atoms with Crippen LogP contribution in [-0.2, 0) is 6.54 Å². The van der Waals surface area contributed by atoms with Crippen LogP contribution in [0.2, 0.25) is 0 Å². The zero-order valence-electron chi connectivity index (χ0n) is 12.0.